The monoisotopic (exact) mass is 255 g/mol. The van der Waals surface area contributed by atoms with Crippen LogP contribution < -0.4 is 10.4 Å². The van der Waals surface area contributed by atoms with Crippen molar-refractivity contribution in [2.75, 3.05) is 5.75 Å². The van der Waals surface area contributed by atoms with Crippen LogP contribution in [-0.4, -0.2) is 11.5 Å². The summed E-state index contributed by atoms with van der Waals surface area (Å²) in [5.41, 5.74) is 4.57. The second-order valence-corrected chi connectivity index (χ2v) is 5.45. The molecule has 2 heterocycles. The number of allylic oxidation sites excluding steroid dienone is 1. The fourth-order valence-electron chi connectivity index (χ4n) is 2.69. The Morgan fingerprint density at radius 1 is 1.28 bits per heavy atom. The van der Waals surface area contributed by atoms with Crippen LogP contribution in [-0.2, 0) is 0 Å². The Balaban J connectivity index is 2.13. The van der Waals surface area contributed by atoms with Gasteiger partial charge in [0.15, 0.2) is 0 Å². The van der Waals surface area contributed by atoms with Gasteiger partial charge >= 0.3 is 0 Å². The summed E-state index contributed by atoms with van der Waals surface area (Å²) in [5, 5.41) is 4.20. The SMILES string of the molecule is Fc1ccc2c(c1)=C1C(=NC3=C1CSC=C3)CC=2. The third kappa shape index (κ3) is 1.37. The zero-order valence-electron chi connectivity index (χ0n) is 9.61. The lowest BCUT2D eigenvalue weighted by atomic mass is 9.93. The van der Waals surface area contributed by atoms with E-state index in [4.69, 9.17) is 0 Å². The molecule has 88 valence electrons. The molecule has 0 aromatic heterocycles. The molecule has 1 aromatic carbocycles. The third-order valence-corrected chi connectivity index (χ3v) is 4.29. The summed E-state index contributed by atoms with van der Waals surface area (Å²) in [7, 11) is 0. The number of benzene rings is 1. The second kappa shape index (κ2) is 3.69. The van der Waals surface area contributed by atoms with Crippen molar-refractivity contribution >= 4 is 29.1 Å². The Hall–Kier alpha value is -1.61. The topological polar surface area (TPSA) is 12.4 Å². The van der Waals surface area contributed by atoms with Crippen LogP contribution in [0.25, 0.3) is 11.6 Å². The van der Waals surface area contributed by atoms with Gasteiger partial charge in [0.25, 0.3) is 0 Å². The maximum absolute atomic E-state index is 13.5. The van der Waals surface area contributed by atoms with Crippen molar-refractivity contribution < 1.29 is 4.39 Å². The molecule has 0 fully saturated rings. The van der Waals surface area contributed by atoms with Gasteiger partial charge in [0.05, 0.1) is 11.4 Å². The Morgan fingerprint density at radius 3 is 3.17 bits per heavy atom. The molecule has 0 spiro atoms. The number of fused-ring (bicyclic) bond motifs is 3. The van der Waals surface area contributed by atoms with E-state index in [-0.39, 0.29) is 5.82 Å². The van der Waals surface area contributed by atoms with Gasteiger partial charge in [-0.25, -0.2) is 4.39 Å². The summed E-state index contributed by atoms with van der Waals surface area (Å²) in [6.45, 7) is 0. The first-order valence-corrected chi connectivity index (χ1v) is 6.97. The van der Waals surface area contributed by atoms with E-state index in [1.807, 2.05) is 6.07 Å². The summed E-state index contributed by atoms with van der Waals surface area (Å²) in [5.74, 6) is 0.758. The predicted molar refractivity (Wildman–Crippen MR) is 74.2 cm³/mol. The van der Waals surface area contributed by atoms with Crippen molar-refractivity contribution in [1.29, 1.82) is 0 Å². The van der Waals surface area contributed by atoms with E-state index in [0.29, 0.717) is 0 Å². The average molecular weight is 255 g/mol. The van der Waals surface area contributed by atoms with Crippen LogP contribution in [0.3, 0.4) is 0 Å². The molecular formula is C15H10FNS. The molecule has 3 aliphatic rings. The third-order valence-electron chi connectivity index (χ3n) is 3.50. The normalized spacial score (nSPS) is 20.1. The molecule has 0 saturated carbocycles. The minimum atomic E-state index is -0.177. The van der Waals surface area contributed by atoms with Gasteiger partial charge in [0.1, 0.15) is 5.82 Å². The summed E-state index contributed by atoms with van der Waals surface area (Å²) in [6.07, 6.45) is 5.03. The van der Waals surface area contributed by atoms with Crippen molar-refractivity contribution in [1.82, 2.24) is 0 Å². The highest BCUT2D eigenvalue weighted by molar-refractivity contribution is 8.02. The summed E-state index contributed by atoms with van der Waals surface area (Å²) < 4.78 is 13.5. The van der Waals surface area contributed by atoms with Crippen LogP contribution >= 0.6 is 11.8 Å². The van der Waals surface area contributed by atoms with Gasteiger partial charge in [-0.1, -0.05) is 12.1 Å². The molecule has 4 rings (SSSR count). The molecular weight excluding hydrogens is 245 g/mol. The van der Waals surface area contributed by atoms with Gasteiger partial charge in [-0.05, 0) is 39.6 Å². The van der Waals surface area contributed by atoms with Crippen molar-refractivity contribution in [3.05, 3.63) is 57.2 Å². The number of nitrogens with zero attached hydrogens (tertiary/aromatic N) is 1. The molecule has 1 aromatic rings. The first-order chi connectivity index (χ1) is 8.83. The van der Waals surface area contributed by atoms with Gasteiger partial charge in [-0.2, -0.15) is 0 Å². The number of hydrogen-bond acceptors (Lipinski definition) is 2. The maximum atomic E-state index is 13.5. The Morgan fingerprint density at radius 2 is 2.22 bits per heavy atom. The molecule has 18 heavy (non-hydrogen) atoms. The van der Waals surface area contributed by atoms with Crippen LogP contribution in [0.2, 0.25) is 0 Å². The largest absolute Gasteiger partial charge is 0.252 e. The van der Waals surface area contributed by atoms with Crippen LogP contribution in [0.15, 0.2) is 45.9 Å². The number of hydrogen-bond donors (Lipinski definition) is 0. The Kier molecular flexibility index (Phi) is 2.12. The summed E-state index contributed by atoms with van der Waals surface area (Å²) in [4.78, 5) is 4.67. The van der Waals surface area contributed by atoms with Gasteiger partial charge in [0, 0.05) is 17.7 Å². The van der Waals surface area contributed by atoms with Crippen LogP contribution in [0.5, 0.6) is 0 Å². The minimum absolute atomic E-state index is 0.177. The molecule has 1 nitrogen and oxygen atoms in total. The smallest absolute Gasteiger partial charge is 0.123 e. The van der Waals surface area contributed by atoms with Crippen molar-refractivity contribution in [2.24, 2.45) is 4.99 Å². The van der Waals surface area contributed by atoms with E-state index in [1.165, 1.54) is 17.2 Å². The fraction of sp³-hybridized carbons (Fsp3) is 0.133. The molecule has 0 radical (unpaired) electrons. The zero-order chi connectivity index (χ0) is 12.1. The van der Waals surface area contributed by atoms with Crippen LogP contribution in [0, 0.1) is 5.82 Å². The van der Waals surface area contributed by atoms with Crippen LogP contribution in [0.4, 0.5) is 4.39 Å². The molecule has 1 aliphatic carbocycles. The molecule has 0 bridgehead atoms. The number of aliphatic imine (C=N–C) groups is 1. The van der Waals surface area contributed by atoms with E-state index in [9.17, 15) is 4.39 Å². The molecule has 0 atom stereocenters. The van der Waals surface area contributed by atoms with Crippen molar-refractivity contribution in [3.8, 4) is 0 Å². The maximum Gasteiger partial charge on any atom is 0.123 e. The number of thioether (sulfide) groups is 1. The van der Waals surface area contributed by atoms with Gasteiger partial charge in [-0.15, -0.1) is 11.8 Å². The first-order valence-electron chi connectivity index (χ1n) is 5.92. The molecule has 0 amide bonds. The average Bonchev–Trinajstić information content (AvgIpc) is 2.77. The fourth-order valence-corrected chi connectivity index (χ4v) is 3.47. The standard InChI is InChI=1S/C15H10FNS/c16-10-3-1-9-2-4-14-15(11(9)7-10)12-8-18-6-5-13(12)17-14/h1-3,5-7H,4,8H2. The highest BCUT2D eigenvalue weighted by Gasteiger charge is 2.25. The number of rotatable bonds is 0. The second-order valence-electron chi connectivity index (χ2n) is 4.55. The van der Waals surface area contributed by atoms with Crippen molar-refractivity contribution in [3.63, 3.8) is 0 Å². The quantitative estimate of drug-likeness (QED) is 0.692. The Labute approximate surface area is 108 Å². The lowest BCUT2D eigenvalue weighted by molar-refractivity contribution is 0.626. The first kappa shape index (κ1) is 10.3. The minimum Gasteiger partial charge on any atom is -0.252 e. The lowest BCUT2D eigenvalue weighted by Gasteiger charge is -2.12. The number of halogens is 1. The van der Waals surface area contributed by atoms with Gasteiger partial charge < -0.3 is 0 Å². The highest BCUT2D eigenvalue weighted by atomic mass is 32.2. The van der Waals surface area contributed by atoms with E-state index < -0.39 is 0 Å². The van der Waals surface area contributed by atoms with Gasteiger partial charge in [-0.3, -0.25) is 4.99 Å². The predicted octanol–water partition coefficient (Wildman–Crippen LogP) is 2.13. The highest BCUT2D eigenvalue weighted by Crippen LogP contribution is 2.35. The molecule has 0 unspecified atom stereocenters. The van der Waals surface area contributed by atoms with Crippen LogP contribution in [0.1, 0.15) is 6.42 Å². The molecule has 0 N–H and O–H groups in total. The summed E-state index contributed by atoms with van der Waals surface area (Å²) >= 11 is 1.77. The molecule has 0 saturated heterocycles. The summed E-state index contributed by atoms with van der Waals surface area (Å²) in [6, 6.07) is 5.02. The van der Waals surface area contributed by atoms with E-state index >= 15 is 0 Å². The lowest BCUT2D eigenvalue weighted by Crippen LogP contribution is -2.33. The molecule has 2 aliphatic heterocycles. The van der Waals surface area contributed by atoms with E-state index in [1.54, 1.807) is 17.8 Å². The van der Waals surface area contributed by atoms with E-state index in [0.717, 1.165) is 34.0 Å². The van der Waals surface area contributed by atoms with Gasteiger partial charge in [0.2, 0.25) is 0 Å². The Bertz CT molecular complexity index is 768. The molecule has 3 heteroatoms. The van der Waals surface area contributed by atoms with E-state index in [2.05, 4.69) is 22.6 Å². The zero-order valence-corrected chi connectivity index (χ0v) is 10.4. The van der Waals surface area contributed by atoms with Crippen molar-refractivity contribution in [2.45, 2.75) is 6.42 Å².